The SMILES string of the molecule is CS(=O)(=O)Nc1c(Br)[c]ccc1I. The summed E-state index contributed by atoms with van der Waals surface area (Å²) >= 11 is 5.26. The Bertz CT molecular complexity index is 398. The maximum absolute atomic E-state index is 11.0. The second-order valence-electron chi connectivity index (χ2n) is 2.39. The molecule has 0 saturated heterocycles. The van der Waals surface area contributed by atoms with Crippen LogP contribution in [0.4, 0.5) is 5.69 Å². The third kappa shape index (κ3) is 3.43. The number of nitrogens with one attached hydrogen (secondary N) is 1. The van der Waals surface area contributed by atoms with Gasteiger partial charge in [-0.05, 0) is 50.7 Å². The highest BCUT2D eigenvalue weighted by molar-refractivity contribution is 14.1. The van der Waals surface area contributed by atoms with Gasteiger partial charge in [0, 0.05) is 3.57 Å². The average Bonchev–Trinajstić information content (AvgIpc) is 1.95. The van der Waals surface area contributed by atoms with Crippen LogP contribution in [0.3, 0.4) is 0 Å². The second kappa shape index (κ2) is 4.14. The molecule has 0 saturated carbocycles. The number of anilines is 1. The van der Waals surface area contributed by atoms with Crippen LogP contribution in [-0.4, -0.2) is 14.7 Å². The molecule has 0 amide bonds. The zero-order valence-electron chi connectivity index (χ0n) is 6.64. The summed E-state index contributed by atoms with van der Waals surface area (Å²) in [5.74, 6) is 0. The van der Waals surface area contributed by atoms with Gasteiger partial charge in [-0.25, -0.2) is 8.42 Å². The van der Waals surface area contributed by atoms with Gasteiger partial charge < -0.3 is 0 Å². The fourth-order valence-corrected chi connectivity index (χ4v) is 3.02. The molecule has 0 unspecified atom stereocenters. The van der Waals surface area contributed by atoms with E-state index >= 15 is 0 Å². The van der Waals surface area contributed by atoms with Crippen LogP contribution >= 0.6 is 38.5 Å². The number of halogens is 2. The molecule has 1 aromatic carbocycles. The van der Waals surface area contributed by atoms with Crippen molar-refractivity contribution in [3.63, 3.8) is 0 Å². The van der Waals surface area contributed by atoms with E-state index in [0.29, 0.717) is 10.2 Å². The van der Waals surface area contributed by atoms with E-state index in [-0.39, 0.29) is 0 Å². The van der Waals surface area contributed by atoms with Gasteiger partial charge in [-0.15, -0.1) is 0 Å². The second-order valence-corrected chi connectivity index (χ2v) is 6.09. The summed E-state index contributed by atoms with van der Waals surface area (Å²) in [6, 6.07) is 6.35. The van der Waals surface area contributed by atoms with Crippen LogP contribution in [0.25, 0.3) is 0 Å². The molecule has 1 rings (SSSR count). The maximum atomic E-state index is 11.0. The lowest BCUT2D eigenvalue weighted by Crippen LogP contribution is -2.11. The number of rotatable bonds is 2. The molecule has 6 heteroatoms. The van der Waals surface area contributed by atoms with Gasteiger partial charge in [0.15, 0.2) is 0 Å². The molecule has 1 radical (unpaired) electrons. The van der Waals surface area contributed by atoms with E-state index in [2.05, 4.69) is 26.7 Å². The first-order valence-electron chi connectivity index (χ1n) is 3.23. The summed E-state index contributed by atoms with van der Waals surface area (Å²) in [6.45, 7) is 0. The van der Waals surface area contributed by atoms with Crippen molar-refractivity contribution >= 4 is 54.2 Å². The average molecular weight is 375 g/mol. The Kier molecular flexibility index (Phi) is 3.58. The van der Waals surface area contributed by atoms with Crippen LogP contribution in [0, 0.1) is 9.64 Å². The van der Waals surface area contributed by atoms with E-state index in [0.717, 1.165) is 9.83 Å². The van der Waals surface area contributed by atoms with Crippen LogP contribution in [0.5, 0.6) is 0 Å². The van der Waals surface area contributed by atoms with Crippen molar-refractivity contribution in [1.82, 2.24) is 0 Å². The highest BCUT2D eigenvalue weighted by Gasteiger charge is 2.08. The van der Waals surface area contributed by atoms with Crippen LogP contribution in [-0.2, 0) is 10.0 Å². The molecule has 0 aliphatic rings. The molecule has 0 spiro atoms. The fourth-order valence-electron chi connectivity index (χ4n) is 0.727. The minimum atomic E-state index is -3.23. The molecule has 1 N–H and O–H groups in total. The fraction of sp³-hybridized carbons (Fsp3) is 0.143. The molecule has 0 aliphatic heterocycles. The van der Waals surface area contributed by atoms with E-state index in [4.69, 9.17) is 0 Å². The van der Waals surface area contributed by atoms with Crippen molar-refractivity contribution in [2.75, 3.05) is 11.0 Å². The number of sulfonamides is 1. The highest BCUT2D eigenvalue weighted by Crippen LogP contribution is 2.27. The lowest BCUT2D eigenvalue weighted by Gasteiger charge is -2.07. The van der Waals surface area contributed by atoms with Gasteiger partial charge in [0.1, 0.15) is 0 Å². The minimum Gasteiger partial charge on any atom is -0.282 e. The number of hydrogen-bond acceptors (Lipinski definition) is 2. The Morgan fingerprint density at radius 1 is 1.62 bits per heavy atom. The summed E-state index contributed by atoms with van der Waals surface area (Å²) < 4.78 is 25.8. The third-order valence-corrected chi connectivity index (χ3v) is 3.28. The molecule has 0 heterocycles. The van der Waals surface area contributed by atoms with Crippen molar-refractivity contribution in [3.8, 4) is 0 Å². The molecule has 0 aliphatic carbocycles. The predicted octanol–water partition coefficient (Wildman–Crippen LogP) is 2.23. The summed E-state index contributed by atoms with van der Waals surface area (Å²) in [4.78, 5) is 0. The van der Waals surface area contributed by atoms with Crippen LogP contribution in [0.2, 0.25) is 0 Å². The van der Waals surface area contributed by atoms with Crippen molar-refractivity contribution in [1.29, 1.82) is 0 Å². The largest absolute Gasteiger partial charge is 0.282 e. The molecule has 13 heavy (non-hydrogen) atoms. The van der Waals surface area contributed by atoms with Crippen molar-refractivity contribution in [2.45, 2.75) is 0 Å². The lowest BCUT2D eigenvalue weighted by molar-refractivity contribution is 0.607. The summed E-state index contributed by atoms with van der Waals surface area (Å²) in [6.07, 6.45) is 1.11. The highest BCUT2D eigenvalue weighted by atomic mass is 127. The van der Waals surface area contributed by atoms with E-state index in [1.54, 1.807) is 12.1 Å². The van der Waals surface area contributed by atoms with Crippen LogP contribution < -0.4 is 4.72 Å². The summed E-state index contributed by atoms with van der Waals surface area (Å²) in [5.41, 5.74) is 0.533. The Morgan fingerprint density at radius 2 is 2.23 bits per heavy atom. The number of hydrogen-bond donors (Lipinski definition) is 1. The van der Waals surface area contributed by atoms with Gasteiger partial charge in [-0.1, -0.05) is 6.07 Å². The first-order chi connectivity index (χ1) is 5.90. The first kappa shape index (κ1) is 11.3. The molecule has 3 nitrogen and oxygen atoms in total. The van der Waals surface area contributed by atoms with E-state index in [1.807, 2.05) is 22.6 Å². The normalized spacial score (nSPS) is 11.3. The van der Waals surface area contributed by atoms with Crippen molar-refractivity contribution < 1.29 is 8.42 Å². The quantitative estimate of drug-likeness (QED) is 0.807. The van der Waals surface area contributed by atoms with Gasteiger partial charge in [0.05, 0.1) is 16.4 Å². The molecule has 0 aromatic heterocycles. The molecule has 0 bridgehead atoms. The van der Waals surface area contributed by atoms with Crippen molar-refractivity contribution in [3.05, 3.63) is 26.2 Å². The predicted molar refractivity (Wildman–Crippen MR) is 64.2 cm³/mol. The van der Waals surface area contributed by atoms with E-state index < -0.39 is 10.0 Å². The van der Waals surface area contributed by atoms with E-state index in [1.165, 1.54) is 0 Å². The smallest absolute Gasteiger partial charge is 0.229 e. The van der Waals surface area contributed by atoms with E-state index in [9.17, 15) is 8.42 Å². The summed E-state index contributed by atoms with van der Waals surface area (Å²) in [5, 5.41) is 0. The van der Waals surface area contributed by atoms with Crippen LogP contribution in [0.15, 0.2) is 16.6 Å². The topological polar surface area (TPSA) is 46.2 Å². The molecular formula is C7H6BrINO2S. The first-order valence-corrected chi connectivity index (χ1v) is 7.00. The molecular weight excluding hydrogens is 369 g/mol. The zero-order chi connectivity index (χ0) is 10.1. The summed E-state index contributed by atoms with van der Waals surface area (Å²) in [7, 11) is -3.23. The van der Waals surface area contributed by atoms with Gasteiger partial charge in [0.2, 0.25) is 10.0 Å². The molecule has 1 aromatic rings. The lowest BCUT2D eigenvalue weighted by atomic mass is 10.3. The van der Waals surface area contributed by atoms with Crippen LogP contribution in [0.1, 0.15) is 0 Å². The Balaban J connectivity index is 3.15. The Morgan fingerprint density at radius 3 is 2.69 bits per heavy atom. The molecule has 0 atom stereocenters. The monoisotopic (exact) mass is 374 g/mol. The zero-order valence-corrected chi connectivity index (χ0v) is 11.2. The Hall–Kier alpha value is 0.180. The van der Waals surface area contributed by atoms with Gasteiger partial charge in [-0.3, -0.25) is 4.72 Å². The number of benzene rings is 1. The minimum absolute atomic E-state index is 0.533. The van der Waals surface area contributed by atoms with Gasteiger partial charge >= 0.3 is 0 Å². The molecule has 0 fully saturated rings. The van der Waals surface area contributed by atoms with Crippen molar-refractivity contribution in [2.24, 2.45) is 0 Å². The standard InChI is InChI=1S/C7H6BrINO2S/c1-13(11,12)10-7-5(8)3-2-4-6(7)9/h2,4,10H,1H3. The maximum Gasteiger partial charge on any atom is 0.229 e. The van der Waals surface area contributed by atoms with Gasteiger partial charge in [0.25, 0.3) is 0 Å². The molecule has 71 valence electrons. The van der Waals surface area contributed by atoms with Gasteiger partial charge in [-0.2, -0.15) is 0 Å². The third-order valence-electron chi connectivity index (χ3n) is 1.19. The Labute approximate surface area is 99.2 Å².